The van der Waals surface area contributed by atoms with Gasteiger partial charge in [-0.25, -0.2) is 9.59 Å². The number of carbonyl (C=O) groups excluding carboxylic acids is 1. The van der Waals surface area contributed by atoms with Crippen LogP contribution in [0, 0.1) is 5.41 Å². The van der Waals surface area contributed by atoms with Crippen molar-refractivity contribution in [2.45, 2.75) is 26.3 Å². The Morgan fingerprint density at radius 2 is 2.00 bits per heavy atom. The maximum Gasteiger partial charge on any atom is 0.511 e. The number of hydrogen-bond donors (Lipinski definition) is 2. The molecule has 1 atom stereocenters. The van der Waals surface area contributed by atoms with Crippen molar-refractivity contribution in [2.24, 2.45) is 5.41 Å². The molecule has 7 heteroatoms. The molecule has 1 fully saturated rings. The average Bonchev–Trinajstić information content (AvgIpc) is 2.99. The molecule has 0 aliphatic carbocycles. The number of rotatable bonds is 3. The largest absolute Gasteiger partial charge is 0.511 e. The minimum Gasteiger partial charge on any atom is -0.449 e. The van der Waals surface area contributed by atoms with Gasteiger partial charge in [-0.2, -0.15) is 0 Å². The molecule has 2 aromatic carbocycles. The van der Waals surface area contributed by atoms with Gasteiger partial charge in [0.05, 0.1) is 6.04 Å². The number of nitrogens with zero attached hydrogens (tertiary/aromatic N) is 2. The Balaban J connectivity index is 1.63. The Morgan fingerprint density at radius 1 is 1.21 bits per heavy atom. The van der Waals surface area contributed by atoms with Crippen molar-refractivity contribution < 1.29 is 19.4 Å². The van der Waals surface area contributed by atoms with Crippen LogP contribution in [0.1, 0.15) is 31.0 Å². The lowest BCUT2D eigenvalue weighted by molar-refractivity contribution is 0.144. The van der Waals surface area contributed by atoms with Gasteiger partial charge in [0.1, 0.15) is 5.75 Å². The van der Waals surface area contributed by atoms with Gasteiger partial charge in [0, 0.05) is 31.5 Å². The van der Waals surface area contributed by atoms with Crippen molar-refractivity contribution in [1.82, 2.24) is 4.90 Å². The molecule has 2 N–H and O–H groups in total. The summed E-state index contributed by atoms with van der Waals surface area (Å²) in [5.41, 5.74) is 3.89. The number of likely N-dealkylation sites (N-methyl/N-ethyl adjacent to an activating group) is 1. The second-order valence-corrected chi connectivity index (χ2v) is 8.38. The van der Waals surface area contributed by atoms with Crippen molar-refractivity contribution in [2.75, 3.05) is 30.4 Å². The van der Waals surface area contributed by atoms with Crippen LogP contribution in [0.2, 0.25) is 0 Å². The standard InChI is InChI=1S/C22H25N3O4/c1-22(2)13-15-12-17(29-21(27)28)7-8-18(15)23-19(22)14-5-4-6-16(11-14)25-10-9-24(3)20(25)26/h4-8,11-12,19,23H,9-10,13H2,1-3H3,(H,27,28). The molecule has 0 bridgehead atoms. The summed E-state index contributed by atoms with van der Waals surface area (Å²) in [6, 6.07) is 13.5. The van der Waals surface area contributed by atoms with Crippen LogP contribution >= 0.6 is 0 Å². The van der Waals surface area contributed by atoms with Gasteiger partial charge in [0.2, 0.25) is 0 Å². The SMILES string of the molecule is CN1CCN(c2cccc(C3Nc4ccc(OC(=O)O)cc4CC3(C)C)c2)C1=O. The predicted molar refractivity (Wildman–Crippen MR) is 111 cm³/mol. The van der Waals surface area contributed by atoms with E-state index in [1.165, 1.54) is 0 Å². The molecular weight excluding hydrogens is 370 g/mol. The number of carbonyl (C=O) groups is 2. The maximum atomic E-state index is 12.4. The third-order valence-electron chi connectivity index (χ3n) is 5.74. The van der Waals surface area contributed by atoms with E-state index in [0.717, 1.165) is 35.5 Å². The molecule has 1 saturated heterocycles. The van der Waals surface area contributed by atoms with E-state index in [4.69, 9.17) is 9.84 Å². The van der Waals surface area contributed by atoms with E-state index in [1.54, 1.807) is 17.0 Å². The molecule has 152 valence electrons. The minimum atomic E-state index is -1.32. The first kappa shape index (κ1) is 19.1. The molecular formula is C22H25N3O4. The smallest absolute Gasteiger partial charge is 0.449 e. The number of hydrogen-bond acceptors (Lipinski definition) is 4. The molecule has 7 nitrogen and oxygen atoms in total. The second kappa shape index (κ2) is 6.99. The molecule has 0 aromatic heterocycles. The summed E-state index contributed by atoms with van der Waals surface area (Å²) in [5.74, 6) is 0.325. The molecule has 2 heterocycles. The monoisotopic (exact) mass is 395 g/mol. The first-order valence-electron chi connectivity index (χ1n) is 9.67. The van der Waals surface area contributed by atoms with Crippen LogP contribution in [0.15, 0.2) is 42.5 Å². The molecule has 29 heavy (non-hydrogen) atoms. The quantitative estimate of drug-likeness (QED) is 0.596. The summed E-state index contributed by atoms with van der Waals surface area (Å²) in [4.78, 5) is 26.7. The first-order chi connectivity index (χ1) is 13.7. The molecule has 2 aliphatic rings. The fraction of sp³-hybridized carbons (Fsp3) is 0.364. The lowest BCUT2D eigenvalue weighted by Gasteiger charge is -2.41. The highest BCUT2D eigenvalue weighted by atomic mass is 16.7. The highest BCUT2D eigenvalue weighted by Crippen LogP contribution is 2.46. The van der Waals surface area contributed by atoms with Gasteiger partial charge in [-0.05, 0) is 53.3 Å². The van der Waals surface area contributed by atoms with Gasteiger partial charge in [-0.1, -0.05) is 26.0 Å². The van der Waals surface area contributed by atoms with Crippen LogP contribution in [0.25, 0.3) is 0 Å². The zero-order valence-corrected chi connectivity index (χ0v) is 16.8. The lowest BCUT2D eigenvalue weighted by atomic mass is 9.73. The van der Waals surface area contributed by atoms with E-state index < -0.39 is 6.16 Å². The van der Waals surface area contributed by atoms with Crippen LogP contribution in [0.5, 0.6) is 5.75 Å². The topological polar surface area (TPSA) is 82.1 Å². The Hall–Kier alpha value is -3.22. The van der Waals surface area contributed by atoms with Crippen molar-refractivity contribution in [3.05, 3.63) is 53.6 Å². The summed E-state index contributed by atoms with van der Waals surface area (Å²) in [5, 5.41) is 12.5. The van der Waals surface area contributed by atoms with E-state index in [0.29, 0.717) is 12.3 Å². The Kier molecular flexibility index (Phi) is 4.61. The van der Waals surface area contributed by atoms with Gasteiger partial charge >= 0.3 is 12.2 Å². The van der Waals surface area contributed by atoms with Gasteiger partial charge in [0.15, 0.2) is 0 Å². The van der Waals surface area contributed by atoms with E-state index in [-0.39, 0.29) is 17.5 Å². The number of carboxylic acid groups (broad SMARTS) is 1. The van der Waals surface area contributed by atoms with E-state index in [9.17, 15) is 9.59 Å². The normalized spacial score (nSPS) is 20.2. The number of nitrogens with one attached hydrogen (secondary N) is 1. The molecule has 2 aliphatic heterocycles. The third-order valence-corrected chi connectivity index (χ3v) is 5.74. The van der Waals surface area contributed by atoms with Crippen LogP contribution in [0.4, 0.5) is 21.0 Å². The third kappa shape index (κ3) is 3.60. The van der Waals surface area contributed by atoms with Crippen LogP contribution in [-0.4, -0.2) is 42.3 Å². The molecule has 2 amide bonds. The predicted octanol–water partition coefficient (Wildman–Crippen LogP) is 4.35. The average molecular weight is 395 g/mol. The van der Waals surface area contributed by atoms with Crippen LogP contribution in [0.3, 0.4) is 0 Å². The van der Waals surface area contributed by atoms with Gasteiger partial charge in [-0.3, -0.25) is 4.90 Å². The molecule has 1 unspecified atom stereocenters. The number of urea groups is 1. The van der Waals surface area contributed by atoms with Crippen molar-refractivity contribution >= 4 is 23.6 Å². The van der Waals surface area contributed by atoms with E-state index in [2.05, 4.69) is 31.3 Å². The summed E-state index contributed by atoms with van der Waals surface area (Å²) < 4.78 is 4.80. The van der Waals surface area contributed by atoms with E-state index in [1.807, 2.05) is 30.1 Å². The number of benzene rings is 2. The molecule has 0 radical (unpaired) electrons. The van der Waals surface area contributed by atoms with Crippen LogP contribution in [-0.2, 0) is 6.42 Å². The lowest BCUT2D eigenvalue weighted by Crippen LogP contribution is -2.35. The zero-order valence-electron chi connectivity index (χ0n) is 16.8. The number of anilines is 2. The molecule has 0 saturated carbocycles. The highest BCUT2D eigenvalue weighted by molar-refractivity contribution is 5.94. The first-order valence-corrected chi connectivity index (χ1v) is 9.67. The fourth-order valence-corrected chi connectivity index (χ4v) is 4.26. The van der Waals surface area contributed by atoms with E-state index >= 15 is 0 Å². The summed E-state index contributed by atoms with van der Waals surface area (Å²) >= 11 is 0. The molecule has 0 spiro atoms. The van der Waals surface area contributed by atoms with Gasteiger partial charge < -0.3 is 20.1 Å². The maximum absolute atomic E-state index is 12.4. The summed E-state index contributed by atoms with van der Waals surface area (Å²) in [6.45, 7) is 5.78. The fourth-order valence-electron chi connectivity index (χ4n) is 4.26. The summed E-state index contributed by atoms with van der Waals surface area (Å²) in [6.07, 6.45) is -0.545. The van der Waals surface area contributed by atoms with Gasteiger partial charge in [0.25, 0.3) is 0 Å². The van der Waals surface area contributed by atoms with Gasteiger partial charge in [-0.15, -0.1) is 0 Å². The second-order valence-electron chi connectivity index (χ2n) is 8.38. The number of amides is 2. The van der Waals surface area contributed by atoms with Crippen molar-refractivity contribution in [3.8, 4) is 5.75 Å². The van der Waals surface area contributed by atoms with Crippen molar-refractivity contribution in [1.29, 1.82) is 0 Å². The van der Waals surface area contributed by atoms with Crippen molar-refractivity contribution in [3.63, 3.8) is 0 Å². The Bertz CT molecular complexity index is 972. The Labute approximate surface area is 169 Å². The minimum absolute atomic E-state index is 0.0225. The molecule has 4 rings (SSSR count). The van der Waals surface area contributed by atoms with Crippen LogP contribution < -0.4 is 15.0 Å². The zero-order chi connectivity index (χ0) is 20.8. The summed E-state index contributed by atoms with van der Waals surface area (Å²) in [7, 11) is 1.82. The number of fused-ring (bicyclic) bond motifs is 1. The Morgan fingerprint density at radius 3 is 2.69 bits per heavy atom. The highest BCUT2D eigenvalue weighted by Gasteiger charge is 2.37. The molecule has 2 aromatic rings. The number of ether oxygens (including phenoxy) is 1.